The molecule has 3 heterocycles. The molecule has 3 aromatic heterocycles. The summed E-state index contributed by atoms with van der Waals surface area (Å²) in [6.45, 7) is 0.0945. The lowest BCUT2D eigenvalue weighted by molar-refractivity contribution is 0.178. The summed E-state index contributed by atoms with van der Waals surface area (Å²) >= 11 is 0. The van der Waals surface area contributed by atoms with Crippen LogP contribution in [-0.4, -0.2) is 37.9 Å². The Morgan fingerprint density at radius 1 is 1.03 bits per heavy atom. The minimum atomic E-state index is -0.716. The van der Waals surface area contributed by atoms with Gasteiger partial charge in [0.2, 0.25) is 0 Å². The van der Waals surface area contributed by atoms with Gasteiger partial charge in [-0.3, -0.25) is 4.90 Å². The van der Waals surface area contributed by atoms with Gasteiger partial charge in [0, 0.05) is 12.5 Å². The Hall–Kier alpha value is -5.13. The monoisotopic (exact) mass is 516 g/mol. The van der Waals surface area contributed by atoms with Crippen molar-refractivity contribution in [1.29, 1.82) is 0 Å². The Balaban J connectivity index is 1.60. The van der Waals surface area contributed by atoms with Gasteiger partial charge in [0.15, 0.2) is 11.6 Å². The van der Waals surface area contributed by atoms with E-state index in [-0.39, 0.29) is 41.8 Å². The number of amides is 1. The topological polar surface area (TPSA) is 138 Å². The van der Waals surface area contributed by atoms with Crippen molar-refractivity contribution in [3.05, 3.63) is 95.3 Å². The van der Waals surface area contributed by atoms with Crippen LogP contribution in [0.5, 0.6) is 0 Å². The fourth-order valence-electron chi connectivity index (χ4n) is 4.09. The first-order valence-corrected chi connectivity index (χ1v) is 11.4. The smallest absolute Gasteiger partial charge is 0.414 e. The first kappa shape index (κ1) is 24.6. The van der Waals surface area contributed by atoms with E-state index in [2.05, 4.69) is 20.1 Å². The molecule has 38 heavy (non-hydrogen) atoms. The van der Waals surface area contributed by atoms with E-state index < -0.39 is 17.7 Å². The summed E-state index contributed by atoms with van der Waals surface area (Å²) < 4.78 is 34.7. The fourth-order valence-corrected chi connectivity index (χ4v) is 4.09. The van der Waals surface area contributed by atoms with Gasteiger partial charge in [-0.05, 0) is 17.2 Å². The number of pyridine rings is 1. The minimum absolute atomic E-state index is 0.0526. The third-order valence-corrected chi connectivity index (χ3v) is 5.84. The van der Waals surface area contributed by atoms with E-state index in [9.17, 15) is 13.6 Å². The van der Waals surface area contributed by atoms with Crippen molar-refractivity contribution >= 4 is 34.4 Å². The molecule has 12 heteroatoms. The maximum Gasteiger partial charge on any atom is 0.414 e. The number of carbonyl (C=O) groups excluding carboxylic acids is 1. The maximum absolute atomic E-state index is 14.3. The van der Waals surface area contributed by atoms with Gasteiger partial charge < -0.3 is 16.2 Å². The molecule has 192 valence electrons. The first-order chi connectivity index (χ1) is 18.4. The van der Waals surface area contributed by atoms with E-state index in [0.29, 0.717) is 16.8 Å². The number of hydrogen-bond donors (Lipinski definition) is 2. The number of nitrogen functional groups attached to an aromatic ring is 2. The molecule has 0 spiro atoms. The third kappa shape index (κ3) is 4.66. The summed E-state index contributed by atoms with van der Waals surface area (Å²) in [4.78, 5) is 26.6. The second kappa shape index (κ2) is 10.1. The van der Waals surface area contributed by atoms with Crippen LogP contribution < -0.4 is 16.4 Å². The Labute approximate surface area is 215 Å². The zero-order valence-electron chi connectivity index (χ0n) is 20.2. The zero-order chi connectivity index (χ0) is 26.8. The van der Waals surface area contributed by atoms with Gasteiger partial charge in [-0.2, -0.15) is 19.7 Å². The van der Waals surface area contributed by atoms with Gasteiger partial charge in [-0.1, -0.05) is 48.5 Å². The molecule has 5 aromatic rings. The van der Waals surface area contributed by atoms with Crippen molar-refractivity contribution in [3.63, 3.8) is 0 Å². The predicted molar refractivity (Wildman–Crippen MR) is 137 cm³/mol. The SMILES string of the molecule is COC(=O)N(Cc1ccccc1)c1c(N)nc(-n2nc(Cc3ccccc3F)c3ncc(F)cc32)nc1N. The van der Waals surface area contributed by atoms with Crippen molar-refractivity contribution in [1.82, 2.24) is 24.7 Å². The number of ether oxygens (including phenoxy) is 1. The number of nitrogens with zero attached hydrogens (tertiary/aromatic N) is 6. The molecule has 5 rings (SSSR count). The lowest BCUT2D eigenvalue weighted by atomic mass is 10.1. The standard InChI is InChI=1S/C26H22F2N8O2/c1-38-26(37)35(14-15-7-3-2-4-8-15)22-23(29)32-25(33-24(22)30)36-20-12-17(27)13-31-21(20)19(34-36)11-16-9-5-6-10-18(16)28/h2-10,12-13H,11,14H2,1H3,(H4,29,30,32,33). The molecular weight excluding hydrogens is 494 g/mol. The van der Waals surface area contributed by atoms with E-state index >= 15 is 0 Å². The molecule has 0 aliphatic carbocycles. The van der Waals surface area contributed by atoms with Crippen molar-refractivity contribution in [2.24, 2.45) is 0 Å². The van der Waals surface area contributed by atoms with Gasteiger partial charge >= 0.3 is 6.09 Å². The lowest BCUT2D eigenvalue weighted by Crippen LogP contribution is -2.32. The van der Waals surface area contributed by atoms with Crippen LogP contribution in [0.25, 0.3) is 17.0 Å². The zero-order valence-corrected chi connectivity index (χ0v) is 20.2. The number of halogens is 2. The molecule has 0 aliphatic heterocycles. The summed E-state index contributed by atoms with van der Waals surface area (Å²) in [5, 5.41) is 4.49. The molecule has 10 nitrogen and oxygen atoms in total. The predicted octanol–water partition coefficient (Wildman–Crippen LogP) is 4.02. The van der Waals surface area contributed by atoms with Crippen molar-refractivity contribution in [2.75, 3.05) is 23.5 Å². The van der Waals surface area contributed by atoms with Crippen LogP contribution in [0.2, 0.25) is 0 Å². The molecule has 0 saturated heterocycles. The van der Waals surface area contributed by atoms with Crippen LogP contribution in [0, 0.1) is 11.6 Å². The molecule has 2 aromatic carbocycles. The molecule has 0 fully saturated rings. The number of rotatable bonds is 6. The van der Waals surface area contributed by atoms with Crippen LogP contribution in [0.3, 0.4) is 0 Å². The highest BCUT2D eigenvalue weighted by atomic mass is 19.1. The summed E-state index contributed by atoms with van der Waals surface area (Å²) in [7, 11) is 1.23. The van der Waals surface area contributed by atoms with Gasteiger partial charge in [-0.15, -0.1) is 0 Å². The van der Waals surface area contributed by atoms with E-state index in [1.807, 2.05) is 30.3 Å². The van der Waals surface area contributed by atoms with Crippen LogP contribution in [0.15, 0.2) is 66.9 Å². The average molecular weight is 517 g/mol. The third-order valence-electron chi connectivity index (χ3n) is 5.84. The molecule has 4 N–H and O–H groups in total. The average Bonchev–Trinajstić information content (AvgIpc) is 3.26. The number of benzene rings is 2. The largest absolute Gasteiger partial charge is 0.452 e. The number of fused-ring (bicyclic) bond motifs is 1. The van der Waals surface area contributed by atoms with Gasteiger partial charge in [0.1, 0.15) is 22.8 Å². The highest BCUT2D eigenvalue weighted by Crippen LogP contribution is 2.31. The summed E-state index contributed by atoms with van der Waals surface area (Å²) in [5.41, 5.74) is 14.7. The highest BCUT2D eigenvalue weighted by molar-refractivity contribution is 5.95. The summed E-state index contributed by atoms with van der Waals surface area (Å²) in [5.74, 6) is -1.36. The molecule has 0 unspecified atom stereocenters. The number of methoxy groups -OCH3 is 1. The van der Waals surface area contributed by atoms with Crippen LogP contribution in [0.1, 0.15) is 16.8 Å². The molecule has 0 radical (unpaired) electrons. The fraction of sp³-hybridized carbons (Fsp3) is 0.115. The lowest BCUT2D eigenvalue weighted by Gasteiger charge is -2.23. The van der Waals surface area contributed by atoms with E-state index in [1.54, 1.807) is 18.2 Å². The molecule has 0 saturated carbocycles. The van der Waals surface area contributed by atoms with Gasteiger partial charge in [0.05, 0.1) is 31.1 Å². The molecule has 1 amide bonds. The molecular formula is C26H22F2N8O2. The number of carbonyl (C=O) groups is 1. The highest BCUT2D eigenvalue weighted by Gasteiger charge is 2.26. The number of nitrogens with two attached hydrogens (primary N) is 2. The maximum atomic E-state index is 14.3. The summed E-state index contributed by atoms with van der Waals surface area (Å²) in [6, 6.07) is 16.6. The Bertz CT molecular complexity index is 1620. The Kier molecular flexibility index (Phi) is 6.52. The number of anilines is 3. The van der Waals surface area contributed by atoms with Crippen LogP contribution in [-0.2, 0) is 17.7 Å². The summed E-state index contributed by atoms with van der Waals surface area (Å²) in [6.07, 6.45) is 0.418. The second-order valence-electron chi connectivity index (χ2n) is 8.33. The second-order valence-corrected chi connectivity index (χ2v) is 8.33. The molecule has 0 atom stereocenters. The van der Waals surface area contributed by atoms with E-state index in [1.165, 1.54) is 28.8 Å². The van der Waals surface area contributed by atoms with Gasteiger partial charge in [0.25, 0.3) is 5.95 Å². The first-order valence-electron chi connectivity index (χ1n) is 11.4. The van der Waals surface area contributed by atoms with Crippen molar-refractivity contribution in [3.8, 4) is 5.95 Å². The number of hydrogen-bond acceptors (Lipinski definition) is 8. The van der Waals surface area contributed by atoms with Crippen molar-refractivity contribution < 1.29 is 18.3 Å². The van der Waals surface area contributed by atoms with E-state index in [0.717, 1.165) is 11.8 Å². The molecule has 0 aliphatic rings. The van der Waals surface area contributed by atoms with E-state index in [4.69, 9.17) is 16.2 Å². The minimum Gasteiger partial charge on any atom is -0.452 e. The Morgan fingerprint density at radius 3 is 2.39 bits per heavy atom. The van der Waals surface area contributed by atoms with Gasteiger partial charge in [-0.25, -0.2) is 18.6 Å². The molecule has 0 bridgehead atoms. The Morgan fingerprint density at radius 2 is 1.71 bits per heavy atom. The number of aromatic nitrogens is 5. The quantitative estimate of drug-likeness (QED) is 0.345. The normalized spacial score (nSPS) is 11.0. The van der Waals surface area contributed by atoms with Crippen LogP contribution in [0.4, 0.5) is 30.9 Å². The van der Waals surface area contributed by atoms with Crippen LogP contribution >= 0.6 is 0 Å². The van der Waals surface area contributed by atoms with Crippen molar-refractivity contribution in [2.45, 2.75) is 13.0 Å².